The molecule has 0 aromatic heterocycles. The Balaban J connectivity index is 2.39. The number of sulfone groups is 1. The van der Waals surface area contributed by atoms with Gasteiger partial charge in [-0.05, 0) is 37.0 Å². The van der Waals surface area contributed by atoms with Crippen LogP contribution in [0.15, 0.2) is 23.1 Å². The van der Waals surface area contributed by atoms with Crippen LogP contribution in [0, 0.1) is 6.92 Å². The topological polar surface area (TPSA) is 71.4 Å². The van der Waals surface area contributed by atoms with Gasteiger partial charge in [-0.1, -0.05) is 12.1 Å². The maximum atomic E-state index is 11.5. The van der Waals surface area contributed by atoms with E-state index in [9.17, 15) is 13.2 Å². The molecule has 0 saturated heterocycles. The zero-order valence-corrected chi connectivity index (χ0v) is 11.3. The molecule has 4 nitrogen and oxygen atoms in total. The van der Waals surface area contributed by atoms with Crippen LogP contribution < -0.4 is 0 Å². The van der Waals surface area contributed by atoms with Gasteiger partial charge < -0.3 is 5.11 Å². The van der Waals surface area contributed by atoms with Crippen LogP contribution in [0.2, 0.25) is 0 Å². The molecule has 0 heterocycles. The zero-order chi connectivity index (χ0) is 13.6. The molecule has 1 N–H and O–H groups in total. The van der Waals surface area contributed by atoms with Crippen molar-refractivity contribution in [3.8, 4) is 0 Å². The number of aliphatic carboxylic acids is 1. The molecule has 1 aromatic carbocycles. The third-order valence-electron chi connectivity index (χ3n) is 3.53. The van der Waals surface area contributed by atoms with E-state index in [1.807, 2.05) is 6.07 Å². The van der Waals surface area contributed by atoms with Crippen LogP contribution in [0.25, 0.3) is 0 Å². The average Bonchev–Trinajstić information content (AvgIpc) is 2.95. The first-order chi connectivity index (χ1) is 8.24. The number of carboxylic acid groups (broad SMARTS) is 1. The standard InChI is InChI=1S/C13H16O4S/c1-9-7-10(3-4-11(9)18(2,16)17)13(5-6-13)8-12(14)15/h3-4,7H,5-6,8H2,1-2H3,(H,14,15). The molecule has 0 spiro atoms. The molecule has 98 valence electrons. The number of carbonyl (C=O) groups is 1. The molecule has 1 fully saturated rings. The predicted octanol–water partition coefficient (Wildman–Crippen LogP) is 1.90. The molecule has 1 saturated carbocycles. The van der Waals surface area contributed by atoms with E-state index in [4.69, 9.17) is 5.11 Å². The lowest BCUT2D eigenvalue weighted by molar-refractivity contribution is -0.137. The number of rotatable bonds is 4. The summed E-state index contributed by atoms with van der Waals surface area (Å²) in [7, 11) is -3.21. The van der Waals surface area contributed by atoms with Crippen LogP contribution in [-0.4, -0.2) is 25.7 Å². The first kappa shape index (κ1) is 13.1. The number of hydrogen-bond acceptors (Lipinski definition) is 3. The molecule has 0 unspecified atom stereocenters. The van der Waals surface area contributed by atoms with Gasteiger partial charge in [0.2, 0.25) is 0 Å². The Labute approximate surface area is 107 Å². The summed E-state index contributed by atoms with van der Waals surface area (Å²) in [6.07, 6.45) is 3.01. The Morgan fingerprint density at radius 3 is 2.39 bits per heavy atom. The van der Waals surface area contributed by atoms with E-state index in [2.05, 4.69) is 0 Å². The molecular formula is C13H16O4S. The smallest absolute Gasteiger partial charge is 0.304 e. The fourth-order valence-corrected chi connectivity index (χ4v) is 3.36. The van der Waals surface area contributed by atoms with E-state index in [1.165, 1.54) is 6.26 Å². The van der Waals surface area contributed by atoms with Gasteiger partial charge in [0.1, 0.15) is 0 Å². The predicted molar refractivity (Wildman–Crippen MR) is 67.5 cm³/mol. The molecule has 5 heteroatoms. The molecule has 2 rings (SSSR count). The second-order valence-corrected chi connectivity index (χ2v) is 7.09. The number of carboxylic acids is 1. The van der Waals surface area contributed by atoms with E-state index in [0.29, 0.717) is 10.5 Å². The molecule has 0 bridgehead atoms. The lowest BCUT2D eigenvalue weighted by Crippen LogP contribution is -2.13. The highest BCUT2D eigenvalue weighted by molar-refractivity contribution is 7.90. The van der Waals surface area contributed by atoms with Crippen molar-refractivity contribution >= 4 is 15.8 Å². The van der Waals surface area contributed by atoms with Gasteiger partial charge >= 0.3 is 5.97 Å². The van der Waals surface area contributed by atoms with Crippen molar-refractivity contribution < 1.29 is 18.3 Å². The molecule has 0 atom stereocenters. The summed E-state index contributed by atoms with van der Waals surface area (Å²) in [4.78, 5) is 11.2. The van der Waals surface area contributed by atoms with Crippen molar-refractivity contribution in [3.05, 3.63) is 29.3 Å². The third-order valence-corrected chi connectivity index (χ3v) is 4.79. The fourth-order valence-electron chi connectivity index (χ4n) is 2.40. The average molecular weight is 268 g/mol. The summed E-state index contributed by atoms with van der Waals surface area (Å²) >= 11 is 0. The highest BCUT2D eigenvalue weighted by Gasteiger charge is 2.46. The Hall–Kier alpha value is -1.36. The van der Waals surface area contributed by atoms with E-state index in [-0.39, 0.29) is 11.8 Å². The van der Waals surface area contributed by atoms with Crippen LogP contribution in [0.4, 0.5) is 0 Å². The van der Waals surface area contributed by atoms with Crippen molar-refractivity contribution in [3.63, 3.8) is 0 Å². The Morgan fingerprint density at radius 1 is 1.39 bits per heavy atom. The summed E-state index contributed by atoms with van der Waals surface area (Å²) in [5.41, 5.74) is 1.36. The van der Waals surface area contributed by atoms with Gasteiger partial charge in [0.05, 0.1) is 11.3 Å². The third kappa shape index (κ3) is 2.41. The van der Waals surface area contributed by atoms with Gasteiger partial charge in [-0.25, -0.2) is 8.42 Å². The van der Waals surface area contributed by atoms with Crippen molar-refractivity contribution in [2.75, 3.05) is 6.26 Å². The monoisotopic (exact) mass is 268 g/mol. The lowest BCUT2D eigenvalue weighted by atomic mass is 9.91. The van der Waals surface area contributed by atoms with Crippen molar-refractivity contribution in [2.45, 2.75) is 36.5 Å². The van der Waals surface area contributed by atoms with E-state index in [0.717, 1.165) is 18.4 Å². The van der Waals surface area contributed by atoms with Gasteiger partial charge in [0.15, 0.2) is 9.84 Å². The first-order valence-corrected chi connectivity index (χ1v) is 7.67. The molecule has 0 aliphatic heterocycles. The first-order valence-electron chi connectivity index (χ1n) is 5.78. The summed E-state index contributed by atoms with van der Waals surface area (Å²) in [5.74, 6) is -0.808. The maximum Gasteiger partial charge on any atom is 0.304 e. The summed E-state index contributed by atoms with van der Waals surface area (Å²) < 4.78 is 23.0. The molecule has 1 aromatic rings. The number of aryl methyl sites for hydroxylation is 1. The largest absolute Gasteiger partial charge is 0.481 e. The summed E-state index contributed by atoms with van der Waals surface area (Å²) in [6.45, 7) is 1.75. The highest BCUT2D eigenvalue weighted by Crippen LogP contribution is 2.51. The Morgan fingerprint density at radius 2 is 2.00 bits per heavy atom. The Kier molecular flexibility index (Phi) is 2.97. The SMILES string of the molecule is Cc1cc(C2(CC(=O)O)CC2)ccc1S(C)(=O)=O. The number of hydrogen-bond donors (Lipinski definition) is 1. The quantitative estimate of drug-likeness (QED) is 0.905. The van der Waals surface area contributed by atoms with Crippen LogP contribution >= 0.6 is 0 Å². The normalized spacial score (nSPS) is 17.4. The molecule has 0 radical (unpaired) electrons. The minimum absolute atomic E-state index is 0.116. The summed E-state index contributed by atoms with van der Waals surface area (Å²) in [6, 6.07) is 5.15. The lowest BCUT2D eigenvalue weighted by Gasteiger charge is -2.15. The van der Waals surface area contributed by atoms with Gasteiger partial charge in [0.25, 0.3) is 0 Å². The van der Waals surface area contributed by atoms with Gasteiger partial charge in [-0.2, -0.15) is 0 Å². The summed E-state index contributed by atoms with van der Waals surface area (Å²) in [5, 5.41) is 8.91. The van der Waals surface area contributed by atoms with Crippen molar-refractivity contribution in [1.29, 1.82) is 0 Å². The highest BCUT2D eigenvalue weighted by atomic mass is 32.2. The van der Waals surface area contributed by atoms with Gasteiger partial charge in [0, 0.05) is 11.7 Å². The molecular weight excluding hydrogens is 252 g/mol. The van der Waals surface area contributed by atoms with E-state index < -0.39 is 15.8 Å². The van der Waals surface area contributed by atoms with E-state index >= 15 is 0 Å². The van der Waals surface area contributed by atoms with E-state index in [1.54, 1.807) is 19.1 Å². The minimum atomic E-state index is -3.21. The van der Waals surface area contributed by atoms with Gasteiger partial charge in [-0.3, -0.25) is 4.79 Å². The van der Waals surface area contributed by atoms with Crippen LogP contribution in [0.1, 0.15) is 30.4 Å². The second-order valence-electron chi connectivity index (χ2n) is 5.10. The Bertz CT molecular complexity index is 597. The van der Waals surface area contributed by atoms with Crippen LogP contribution in [0.5, 0.6) is 0 Å². The zero-order valence-electron chi connectivity index (χ0n) is 10.4. The number of benzene rings is 1. The molecule has 1 aliphatic rings. The van der Waals surface area contributed by atoms with Gasteiger partial charge in [-0.15, -0.1) is 0 Å². The molecule has 0 amide bonds. The van der Waals surface area contributed by atoms with Crippen molar-refractivity contribution in [1.82, 2.24) is 0 Å². The molecule has 18 heavy (non-hydrogen) atoms. The second kappa shape index (κ2) is 4.09. The van der Waals surface area contributed by atoms with Crippen molar-refractivity contribution in [2.24, 2.45) is 0 Å². The maximum absolute atomic E-state index is 11.5. The van der Waals surface area contributed by atoms with Crippen LogP contribution in [0.3, 0.4) is 0 Å². The fraction of sp³-hybridized carbons (Fsp3) is 0.462. The van der Waals surface area contributed by atoms with Crippen LogP contribution in [-0.2, 0) is 20.0 Å². The molecule has 1 aliphatic carbocycles. The minimum Gasteiger partial charge on any atom is -0.481 e.